The van der Waals surface area contributed by atoms with Gasteiger partial charge < -0.3 is 20.5 Å². The van der Waals surface area contributed by atoms with Crippen molar-refractivity contribution in [3.8, 4) is 0 Å². The highest BCUT2D eigenvalue weighted by atomic mass is 16.6. The SMILES string of the molecule is CC(CCNCCCCO)NC(=O)OC(C)(C)C. The monoisotopic (exact) mass is 260 g/mol. The number of carbonyl (C=O) groups excluding carboxylic acids is 1. The number of alkyl carbamates (subject to hydrolysis) is 1. The van der Waals surface area contributed by atoms with Crippen molar-refractivity contribution in [1.29, 1.82) is 0 Å². The highest BCUT2D eigenvalue weighted by molar-refractivity contribution is 5.67. The number of aliphatic hydroxyl groups excluding tert-OH is 1. The van der Waals surface area contributed by atoms with Crippen LogP contribution in [0.2, 0.25) is 0 Å². The fraction of sp³-hybridized carbons (Fsp3) is 0.923. The Hall–Kier alpha value is -0.810. The van der Waals surface area contributed by atoms with Gasteiger partial charge in [0.1, 0.15) is 5.60 Å². The molecular weight excluding hydrogens is 232 g/mol. The number of nitrogens with one attached hydrogen (secondary N) is 2. The quantitative estimate of drug-likeness (QED) is 0.580. The zero-order chi connectivity index (χ0) is 14.0. The molecular formula is C13H28N2O3. The lowest BCUT2D eigenvalue weighted by molar-refractivity contribution is 0.0506. The molecule has 1 unspecified atom stereocenters. The van der Waals surface area contributed by atoms with Gasteiger partial charge in [0.25, 0.3) is 0 Å². The summed E-state index contributed by atoms with van der Waals surface area (Å²) in [6.45, 7) is 9.50. The first-order chi connectivity index (χ1) is 8.35. The first-order valence-corrected chi connectivity index (χ1v) is 6.66. The van der Waals surface area contributed by atoms with Crippen LogP contribution in [0.5, 0.6) is 0 Å². The molecule has 0 heterocycles. The fourth-order valence-corrected chi connectivity index (χ4v) is 1.39. The van der Waals surface area contributed by atoms with Crippen molar-refractivity contribution in [1.82, 2.24) is 10.6 Å². The molecule has 0 bridgehead atoms. The van der Waals surface area contributed by atoms with E-state index in [1.165, 1.54) is 0 Å². The lowest BCUT2D eigenvalue weighted by Gasteiger charge is -2.22. The molecule has 0 spiro atoms. The van der Waals surface area contributed by atoms with Gasteiger partial charge in [0.15, 0.2) is 0 Å². The Balaban J connectivity index is 3.53. The topological polar surface area (TPSA) is 70.6 Å². The van der Waals surface area contributed by atoms with Crippen LogP contribution in [-0.2, 0) is 4.74 Å². The van der Waals surface area contributed by atoms with E-state index in [-0.39, 0.29) is 18.7 Å². The smallest absolute Gasteiger partial charge is 0.407 e. The van der Waals surface area contributed by atoms with Crippen LogP contribution < -0.4 is 10.6 Å². The van der Waals surface area contributed by atoms with Crippen molar-refractivity contribution < 1.29 is 14.6 Å². The van der Waals surface area contributed by atoms with E-state index >= 15 is 0 Å². The Morgan fingerprint density at radius 2 is 1.94 bits per heavy atom. The maximum Gasteiger partial charge on any atom is 0.407 e. The highest BCUT2D eigenvalue weighted by Gasteiger charge is 2.17. The summed E-state index contributed by atoms with van der Waals surface area (Å²) < 4.78 is 5.17. The lowest BCUT2D eigenvalue weighted by atomic mass is 10.2. The molecule has 3 N–H and O–H groups in total. The average Bonchev–Trinajstić information content (AvgIpc) is 2.20. The first kappa shape index (κ1) is 17.2. The molecule has 18 heavy (non-hydrogen) atoms. The molecule has 0 rings (SSSR count). The molecule has 0 fully saturated rings. The van der Waals surface area contributed by atoms with Gasteiger partial charge in [0.05, 0.1) is 0 Å². The number of rotatable bonds is 8. The van der Waals surface area contributed by atoms with Gasteiger partial charge in [-0.3, -0.25) is 0 Å². The maximum absolute atomic E-state index is 11.5. The third-order valence-electron chi connectivity index (χ3n) is 2.28. The summed E-state index contributed by atoms with van der Waals surface area (Å²) >= 11 is 0. The summed E-state index contributed by atoms with van der Waals surface area (Å²) in [6, 6.07) is 0.0881. The van der Waals surface area contributed by atoms with Gasteiger partial charge in [0, 0.05) is 12.6 Å². The number of unbranched alkanes of at least 4 members (excludes halogenated alkanes) is 1. The number of hydrogen-bond donors (Lipinski definition) is 3. The second kappa shape index (κ2) is 9.16. The Morgan fingerprint density at radius 3 is 2.50 bits per heavy atom. The van der Waals surface area contributed by atoms with E-state index in [0.29, 0.717) is 0 Å². The molecule has 1 amide bonds. The molecule has 0 aromatic carbocycles. The van der Waals surface area contributed by atoms with Crippen LogP contribution in [0, 0.1) is 0 Å². The molecule has 5 nitrogen and oxygen atoms in total. The van der Waals surface area contributed by atoms with Crippen LogP contribution in [0.4, 0.5) is 4.79 Å². The van der Waals surface area contributed by atoms with Gasteiger partial charge >= 0.3 is 6.09 Å². The van der Waals surface area contributed by atoms with Crippen molar-refractivity contribution in [3.63, 3.8) is 0 Å². The molecule has 0 aromatic rings. The van der Waals surface area contributed by atoms with E-state index in [4.69, 9.17) is 9.84 Å². The number of hydrogen-bond acceptors (Lipinski definition) is 4. The minimum atomic E-state index is -0.452. The molecule has 0 saturated carbocycles. The van der Waals surface area contributed by atoms with Crippen molar-refractivity contribution in [3.05, 3.63) is 0 Å². The summed E-state index contributed by atoms with van der Waals surface area (Å²) in [5, 5.41) is 14.7. The molecule has 0 saturated heterocycles. The largest absolute Gasteiger partial charge is 0.444 e. The van der Waals surface area contributed by atoms with Crippen molar-refractivity contribution in [2.45, 2.75) is 58.6 Å². The highest BCUT2D eigenvalue weighted by Crippen LogP contribution is 2.06. The van der Waals surface area contributed by atoms with Crippen LogP contribution in [0.3, 0.4) is 0 Å². The Labute approximate surface area is 110 Å². The first-order valence-electron chi connectivity index (χ1n) is 6.66. The summed E-state index contributed by atoms with van der Waals surface area (Å²) in [6.07, 6.45) is 2.30. The van der Waals surface area contributed by atoms with Crippen molar-refractivity contribution >= 4 is 6.09 Å². The van der Waals surface area contributed by atoms with Crippen molar-refractivity contribution in [2.24, 2.45) is 0 Å². The van der Waals surface area contributed by atoms with E-state index in [9.17, 15) is 4.79 Å². The molecule has 5 heteroatoms. The second-order valence-electron chi connectivity index (χ2n) is 5.52. The van der Waals surface area contributed by atoms with Crippen LogP contribution in [0.15, 0.2) is 0 Å². The zero-order valence-corrected chi connectivity index (χ0v) is 12.1. The summed E-state index contributed by atoms with van der Waals surface area (Å²) in [4.78, 5) is 11.5. The normalized spacial score (nSPS) is 13.2. The minimum absolute atomic E-state index is 0.0881. The number of amides is 1. The zero-order valence-electron chi connectivity index (χ0n) is 12.1. The third-order valence-corrected chi connectivity index (χ3v) is 2.28. The number of aliphatic hydroxyl groups is 1. The van der Waals surface area contributed by atoms with E-state index in [1.807, 2.05) is 27.7 Å². The molecule has 1 atom stereocenters. The average molecular weight is 260 g/mol. The van der Waals surface area contributed by atoms with E-state index in [2.05, 4.69) is 10.6 Å². The number of ether oxygens (including phenoxy) is 1. The van der Waals surface area contributed by atoms with Gasteiger partial charge in [0.2, 0.25) is 0 Å². The van der Waals surface area contributed by atoms with Crippen LogP contribution in [0.25, 0.3) is 0 Å². The Morgan fingerprint density at radius 1 is 1.28 bits per heavy atom. The van der Waals surface area contributed by atoms with Gasteiger partial charge in [-0.05, 0) is 60.0 Å². The van der Waals surface area contributed by atoms with Gasteiger partial charge in [-0.1, -0.05) is 0 Å². The van der Waals surface area contributed by atoms with E-state index in [0.717, 1.165) is 32.4 Å². The summed E-state index contributed by atoms with van der Waals surface area (Å²) in [5.41, 5.74) is -0.452. The molecule has 0 aromatic heterocycles. The predicted molar refractivity (Wildman–Crippen MR) is 72.6 cm³/mol. The minimum Gasteiger partial charge on any atom is -0.444 e. The lowest BCUT2D eigenvalue weighted by Crippen LogP contribution is -2.39. The standard InChI is InChI=1S/C13H28N2O3/c1-11(7-9-14-8-5-6-10-16)15-12(17)18-13(2,3)4/h11,14,16H,5-10H2,1-4H3,(H,15,17). The Bertz CT molecular complexity index is 227. The van der Waals surface area contributed by atoms with Gasteiger partial charge in [-0.25, -0.2) is 4.79 Å². The predicted octanol–water partition coefficient (Wildman–Crippen LogP) is 1.65. The second-order valence-corrected chi connectivity index (χ2v) is 5.52. The molecule has 108 valence electrons. The molecule has 0 aliphatic rings. The van der Waals surface area contributed by atoms with Crippen LogP contribution in [-0.4, -0.2) is 42.5 Å². The maximum atomic E-state index is 11.5. The van der Waals surface area contributed by atoms with Gasteiger partial charge in [-0.2, -0.15) is 0 Å². The van der Waals surface area contributed by atoms with Crippen LogP contribution >= 0.6 is 0 Å². The number of carbonyl (C=O) groups is 1. The fourth-order valence-electron chi connectivity index (χ4n) is 1.39. The van der Waals surface area contributed by atoms with E-state index in [1.54, 1.807) is 0 Å². The van der Waals surface area contributed by atoms with E-state index < -0.39 is 5.60 Å². The molecule has 0 radical (unpaired) electrons. The van der Waals surface area contributed by atoms with Gasteiger partial charge in [-0.15, -0.1) is 0 Å². The summed E-state index contributed by atoms with van der Waals surface area (Å²) in [7, 11) is 0. The molecule has 0 aliphatic carbocycles. The Kier molecular flexibility index (Phi) is 8.75. The van der Waals surface area contributed by atoms with Crippen molar-refractivity contribution in [2.75, 3.05) is 19.7 Å². The molecule has 0 aliphatic heterocycles. The van der Waals surface area contributed by atoms with Crippen LogP contribution in [0.1, 0.15) is 47.0 Å². The third kappa shape index (κ3) is 11.7. The summed E-state index contributed by atoms with van der Waals surface area (Å²) in [5.74, 6) is 0.